The molecule has 1 heterocycles. The van der Waals surface area contributed by atoms with Crippen molar-refractivity contribution < 1.29 is 14.6 Å². The summed E-state index contributed by atoms with van der Waals surface area (Å²) in [7, 11) is 0. The molecule has 108 valence electrons. The molecule has 0 aliphatic rings. The fraction of sp³-hybridized carbons (Fsp3) is 0.667. The summed E-state index contributed by atoms with van der Waals surface area (Å²) in [6.07, 6.45) is 10.2. The van der Waals surface area contributed by atoms with Crippen molar-refractivity contribution in [1.82, 2.24) is 0 Å². The van der Waals surface area contributed by atoms with Gasteiger partial charge in [-0.2, -0.15) is 0 Å². The minimum absolute atomic E-state index is 0.339. The maximum absolute atomic E-state index is 10.7. The van der Waals surface area contributed by atoms with Crippen molar-refractivity contribution in [2.75, 3.05) is 6.61 Å². The van der Waals surface area contributed by atoms with Gasteiger partial charge in [0.2, 0.25) is 0 Å². The summed E-state index contributed by atoms with van der Waals surface area (Å²) in [5.41, 5.74) is 0. The van der Waals surface area contributed by atoms with Gasteiger partial charge in [0.05, 0.1) is 6.61 Å². The lowest BCUT2D eigenvalue weighted by Gasteiger charge is -2.03. The minimum Gasteiger partial charge on any atom is -0.484 e. The summed E-state index contributed by atoms with van der Waals surface area (Å²) in [6, 6.07) is 3.33. The molecule has 0 spiro atoms. The Morgan fingerprint density at radius 2 is 1.74 bits per heavy atom. The second kappa shape index (κ2) is 9.84. The molecule has 0 aliphatic heterocycles. The fourth-order valence-corrected chi connectivity index (χ4v) is 2.64. The molecule has 0 aromatic carbocycles. The lowest BCUT2D eigenvalue weighted by Crippen LogP contribution is -1.95. The molecule has 3 nitrogen and oxygen atoms in total. The molecule has 0 atom stereocenters. The highest BCUT2D eigenvalue weighted by atomic mass is 32.1. The summed E-state index contributed by atoms with van der Waals surface area (Å²) in [4.78, 5) is 11.0. The molecule has 4 heteroatoms. The molecule has 0 radical (unpaired) electrons. The predicted molar refractivity (Wildman–Crippen MR) is 79.4 cm³/mol. The van der Waals surface area contributed by atoms with E-state index in [0.29, 0.717) is 16.5 Å². The Hall–Kier alpha value is -1.03. The van der Waals surface area contributed by atoms with Gasteiger partial charge < -0.3 is 9.84 Å². The molecule has 1 aromatic rings. The summed E-state index contributed by atoms with van der Waals surface area (Å²) in [5, 5.41) is 9.49. The second-order valence-electron chi connectivity index (χ2n) is 4.75. The molecule has 0 saturated heterocycles. The molecule has 0 aliphatic carbocycles. The van der Waals surface area contributed by atoms with E-state index >= 15 is 0 Å². The first-order valence-electron chi connectivity index (χ1n) is 7.20. The highest BCUT2D eigenvalue weighted by Crippen LogP contribution is 2.24. The van der Waals surface area contributed by atoms with Gasteiger partial charge in [-0.1, -0.05) is 63.2 Å². The average molecular weight is 284 g/mol. The van der Waals surface area contributed by atoms with Crippen LogP contribution in [-0.4, -0.2) is 17.7 Å². The van der Waals surface area contributed by atoms with Gasteiger partial charge in [0, 0.05) is 0 Å². The van der Waals surface area contributed by atoms with Gasteiger partial charge in [0.1, 0.15) is 4.88 Å². The van der Waals surface area contributed by atoms with Crippen molar-refractivity contribution >= 4 is 17.3 Å². The molecule has 0 unspecified atom stereocenters. The predicted octanol–water partition coefficient (Wildman–Crippen LogP) is 4.97. The number of ether oxygens (including phenoxy) is 1. The third kappa shape index (κ3) is 7.21. The second-order valence-corrected chi connectivity index (χ2v) is 5.79. The zero-order chi connectivity index (χ0) is 13.9. The van der Waals surface area contributed by atoms with Crippen LogP contribution in [0.25, 0.3) is 0 Å². The lowest BCUT2D eigenvalue weighted by atomic mass is 10.1. The molecule has 0 saturated carbocycles. The number of carboxylic acids is 1. The first-order chi connectivity index (χ1) is 9.24. The van der Waals surface area contributed by atoms with E-state index < -0.39 is 5.97 Å². The van der Waals surface area contributed by atoms with Crippen molar-refractivity contribution in [3.8, 4) is 5.06 Å². The summed E-state index contributed by atoms with van der Waals surface area (Å²) < 4.78 is 5.54. The van der Waals surface area contributed by atoms with Gasteiger partial charge in [0.15, 0.2) is 5.06 Å². The summed E-state index contributed by atoms with van der Waals surface area (Å²) in [6.45, 7) is 2.92. The van der Waals surface area contributed by atoms with Crippen LogP contribution in [0.2, 0.25) is 0 Å². The number of hydrogen-bond acceptors (Lipinski definition) is 3. The maximum Gasteiger partial charge on any atom is 0.345 e. The van der Waals surface area contributed by atoms with Gasteiger partial charge >= 0.3 is 5.97 Å². The highest BCUT2D eigenvalue weighted by molar-refractivity contribution is 7.15. The Labute approximate surface area is 119 Å². The van der Waals surface area contributed by atoms with E-state index in [1.807, 2.05) is 0 Å². The van der Waals surface area contributed by atoms with Crippen molar-refractivity contribution in [1.29, 1.82) is 0 Å². The normalized spacial score (nSPS) is 10.6. The van der Waals surface area contributed by atoms with E-state index in [1.165, 1.54) is 56.3 Å². The van der Waals surface area contributed by atoms with Crippen LogP contribution in [0.4, 0.5) is 0 Å². The molecule has 0 amide bonds. The van der Waals surface area contributed by atoms with Crippen LogP contribution < -0.4 is 4.74 Å². The van der Waals surface area contributed by atoms with E-state index in [0.717, 1.165) is 6.42 Å². The molecule has 19 heavy (non-hydrogen) atoms. The highest BCUT2D eigenvalue weighted by Gasteiger charge is 2.07. The number of carboxylic acid groups (broad SMARTS) is 1. The zero-order valence-corrected chi connectivity index (χ0v) is 12.5. The first-order valence-corrected chi connectivity index (χ1v) is 8.01. The number of aromatic carboxylic acids is 1. The molecule has 1 rings (SSSR count). The third-order valence-electron chi connectivity index (χ3n) is 3.03. The standard InChI is InChI=1S/C15H24O3S/c1-2-3-4-5-6-7-8-9-12-18-14-11-10-13(19-14)15(16)17/h10-11H,2-9,12H2,1H3,(H,16,17). The molecular formula is C15H24O3S. The zero-order valence-electron chi connectivity index (χ0n) is 11.7. The van der Waals surface area contributed by atoms with Crippen molar-refractivity contribution in [3.63, 3.8) is 0 Å². The number of hydrogen-bond donors (Lipinski definition) is 1. The minimum atomic E-state index is -0.882. The van der Waals surface area contributed by atoms with Gasteiger partial charge in [-0.05, 0) is 18.6 Å². The molecule has 0 bridgehead atoms. The first kappa shape index (κ1) is 16.0. The van der Waals surface area contributed by atoms with Crippen molar-refractivity contribution in [2.24, 2.45) is 0 Å². The fourth-order valence-electron chi connectivity index (χ4n) is 1.92. The Morgan fingerprint density at radius 3 is 2.32 bits per heavy atom. The van der Waals surface area contributed by atoms with E-state index in [1.54, 1.807) is 12.1 Å². The number of thiophene rings is 1. The Bertz CT molecular complexity index is 360. The molecular weight excluding hydrogens is 260 g/mol. The Balaban J connectivity index is 1.97. The van der Waals surface area contributed by atoms with Crippen LogP contribution in [0.15, 0.2) is 12.1 Å². The monoisotopic (exact) mass is 284 g/mol. The smallest absolute Gasteiger partial charge is 0.345 e. The topological polar surface area (TPSA) is 46.5 Å². The number of rotatable bonds is 11. The largest absolute Gasteiger partial charge is 0.484 e. The van der Waals surface area contributed by atoms with E-state index in [-0.39, 0.29) is 0 Å². The summed E-state index contributed by atoms with van der Waals surface area (Å²) >= 11 is 1.20. The van der Waals surface area contributed by atoms with Crippen LogP contribution >= 0.6 is 11.3 Å². The average Bonchev–Trinajstić information content (AvgIpc) is 2.86. The van der Waals surface area contributed by atoms with Gasteiger partial charge in [-0.15, -0.1) is 0 Å². The van der Waals surface area contributed by atoms with Crippen LogP contribution in [0.3, 0.4) is 0 Å². The van der Waals surface area contributed by atoms with Crippen LogP contribution in [0.1, 0.15) is 68.0 Å². The van der Waals surface area contributed by atoms with Gasteiger partial charge in [0.25, 0.3) is 0 Å². The van der Waals surface area contributed by atoms with Crippen LogP contribution in [-0.2, 0) is 0 Å². The number of unbranched alkanes of at least 4 members (excludes halogenated alkanes) is 7. The Morgan fingerprint density at radius 1 is 1.11 bits per heavy atom. The maximum atomic E-state index is 10.7. The SMILES string of the molecule is CCCCCCCCCCOc1ccc(C(=O)O)s1. The molecule has 1 N–H and O–H groups in total. The van der Waals surface area contributed by atoms with Crippen LogP contribution in [0.5, 0.6) is 5.06 Å². The number of carbonyl (C=O) groups is 1. The Kier molecular flexibility index (Phi) is 8.30. The van der Waals surface area contributed by atoms with Crippen molar-refractivity contribution in [2.45, 2.75) is 58.3 Å². The lowest BCUT2D eigenvalue weighted by molar-refractivity contribution is 0.0702. The summed E-state index contributed by atoms with van der Waals surface area (Å²) in [5.74, 6) is -0.882. The van der Waals surface area contributed by atoms with Crippen LogP contribution in [0, 0.1) is 0 Å². The third-order valence-corrected chi connectivity index (χ3v) is 4.02. The van der Waals surface area contributed by atoms with Crippen molar-refractivity contribution in [3.05, 3.63) is 17.0 Å². The molecule has 1 aromatic heterocycles. The molecule has 0 fully saturated rings. The van der Waals surface area contributed by atoms with E-state index in [9.17, 15) is 4.79 Å². The quantitative estimate of drug-likeness (QED) is 0.584. The van der Waals surface area contributed by atoms with E-state index in [4.69, 9.17) is 9.84 Å². The van der Waals surface area contributed by atoms with Gasteiger partial charge in [-0.3, -0.25) is 0 Å². The van der Waals surface area contributed by atoms with E-state index in [2.05, 4.69) is 6.92 Å². The van der Waals surface area contributed by atoms with Gasteiger partial charge in [-0.25, -0.2) is 4.79 Å².